The third-order valence-electron chi connectivity index (χ3n) is 5.05. The second-order valence-corrected chi connectivity index (χ2v) is 6.47. The third kappa shape index (κ3) is 3.92. The zero-order valence-corrected chi connectivity index (χ0v) is 16.5. The van der Waals surface area contributed by atoms with Crippen LogP contribution in [0, 0.1) is 10.1 Å². The molecule has 1 aliphatic heterocycles. The van der Waals surface area contributed by atoms with Crippen LogP contribution in [0.5, 0.6) is 5.75 Å². The van der Waals surface area contributed by atoms with E-state index in [9.17, 15) is 10.1 Å². The number of aromatic nitrogens is 2. The number of hydrogen-bond acceptors (Lipinski definition) is 8. The molecule has 0 amide bonds. The van der Waals surface area contributed by atoms with Gasteiger partial charge in [0.1, 0.15) is 12.1 Å². The molecule has 1 fully saturated rings. The number of anilines is 3. The van der Waals surface area contributed by atoms with Gasteiger partial charge in [0, 0.05) is 45.0 Å². The zero-order valence-electron chi connectivity index (χ0n) is 16.5. The lowest BCUT2D eigenvalue weighted by Gasteiger charge is -2.36. The monoisotopic (exact) mass is 386 g/mol. The van der Waals surface area contributed by atoms with Gasteiger partial charge in [0.15, 0.2) is 0 Å². The van der Waals surface area contributed by atoms with Gasteiger partial charge in [-0.1, -0.05) is 0 Å². The number of nitro groups is 1. The Morgan fingerprint density at radius 1 is 1.07 bits per heavy atom. The minimum Gasteiger partial charge on any atom is -0.497 e. The van der Waals surface area contributed by atoms with E-state index < -0.39 is 0 Å². The molecule has 2 aromatic rings. The highest BCUT2D eigenvalue weighted by molar-refractivity contribution is 5.71. The highest BCUT2D eigenvalue weighted by atomic mass is 16.6. The first-order chi connectivity index (χ1) is 13.6. The van der Waals surface area contributed by atoms with Crippen molar-refractivity contribution in [1.82, 2.24) is 9.97 Å². The summed E-state index contributed by atoms with van der Waals surface area (Å²) in [6, 6.07) is 7.93. The van der Waals surface area contributed by atoms with Crippen molar-refractivity contribution in [3.63, 3.8) is 0 Å². The topological polar surface area (TPSA) is 87.9 Å². The molecule has 2 heterocycles. The van der Waals surface area contributed by atoms with Crippen LogP contribution in [0.15, 0.2) is 30.6 Å². The number of nitrogens with zero attached hydrogens (tertiary/aromatic N) is 6. The summed E-state index contributed by atoms with van der Waals surface area (Å²) in [4.78, 5) is 26.0. The lowest BCUT2D eigenvalue weighted by atomic mass is 10.2. The lowest BCUT2D eigenvalue weighted by Crippen LogP contribution is -2.47. The van der Waals surface area contributed by atoms with Crippen LogP contribution in [0.1, 0.15) is 13.8 Å². The predicted molar refractivity (Wildman–Crippen MR) is 110 cm³/mol. The molecular weight excluding hydrogens is 360 g/mol. The van der Waals surface area contributed by atoms with Crippen LogP contribution in [0.25, 0.3) is 0 Å². The molecule has 0 N–H and O–H groups in total. The maximum absolute atomic E-state index is 11.8. The van der Waals surface area contributed by atoms with Crippen molar-refractivity contribution < 1.29 is 9.66 Å². The van der Waals surface area contributed by atoms with Gasteiger partial charge in [-0.3, -0.25) is 10.1 Å². The molecular formula is C19H26N6O3. The summed E-state index contributed by atoms with van der Waals surface area (Å²) in [6.07, 6.45) is 1.42. The lowest BCUT2D eigenvalue weighted by molar-refractivity contribution is -0.383. The van der Waals surface area contributed by atoms with Crippen LogP contribution >= 0.6 is 0 Å². The third-order valence-corrected chi connectivity index (χ3v) is 5.05. The molecule has 1 aromatic heterocycles. The van der Waals surface area contributed by atoms with Crippen LogP contribution in [-0.4, -0.2) is 61.3 Å². The Bertz CT molecular complexity index is 802. The summed E-state index contributed by atoms with van der Waals surface area (Å²) in [6.45, 7) is 8.05. The summed E-state index contributed by atoms with van der Waals surface area (Å²) in [7, 11) is 1.65. The first-order valence-electron chi connectivity index (χ1n) is 9.47. The molecule has 1 saturated heterocycles. The minimum absolute atomic E-state index is 0.0101. The molecule has 0 bridgehead atoms. The van der Waals surface area contributed by atoms with Crippen LogP contribution in [-0.2, 0) is 0 Å². The Morgan fingerprint density at radius 3 is 2.21 bits per heavy atom. The molecule has 0 saturated carbocycles. The molecule has 0 atom stereocenters. The van der Waals surface area contributed by atoms with Crippen molar-refractivity contribution in [3.8, 4) is 5.75 Å². The van der Waals surface area contributed by atoms with Gasteiger partial charge in [-0.05, 0) is 38.1 Å². The predicted octanol–water partition coefficient (Wildman–Crippen LogP) is 2.57. The van der Waals surface area contributed by atoms with Crippen LogP contribution < -0.4 is 19.4 Å². The molecule has 0 spiro atoms. The smallest absolute Gasteiger partial charge is 0.353 e. The van der Waals surface area contributed by atoms with E-state index in [-0.39, 0.29) is 10.6 Å². The molecule has 0 aliphatic carbocycles. The summed E-state index contributed by atoms with van der Waals surface area (Å²) in [5, 5.41) is 11.8. The highest BCUT2D eigenvalue weighted by Crippen LogP contribution is 2.34. The minimum atomic E-state index is -0.362. The molecule has 1 aliphatic rings. The van der Waals surface area contributed by atoms with Crippen molar-refractivity contribution in [1.29, 1.82) is 0 Å². The molecule has 9 heteroatoms. The molecule has 150 valence electrons. The number of rotatable bonds is 7. The molecule has 9 nitrogen and oxygen atoms in total. The van der Waals surface area contributed by atoms with Gasteiger partial charge in [-0.15, -0.1) is 0 Å². The van der Waals surface area contributed by atoms with Gasteiger partial charge in [0.05, 0.1) is 12.0 Å². The van der Waals surface area contributed by atoms with Gasteiger partial charge in [0.2, 0.25) is 11.6 Å². The Morgan fingerprint density at radius 2 is 1.68 bits per heavy atom. The van der Waals surface area contributed by atoms with E-state index in [0.717, 1.165) is 24.5 Å². The van der Waals surface area contributed by atoms with E-state index >= 15 is 0 Å². The first kappa shape index (κ1) is 19.7. The van der Waals surface area contributed by atoms with E-state index in [4.69, 9.17) is 4.74 Å². The second-order valence-electron chi connectivity index (χ2n) is 6.47. The van der Waals surface area contributed by atoms with Crippen molar-refractivity contribution in [2.75, 3.05) is 61.1 Å². The van der Waals surface area contributed by atoms with Crippen molar-refractivity contribution >= 4 is 23.0 Å². The Balaban J connectivity index is 1.80. The maximum atomic E-state index is 11.8. The summed E-state index contributed by atoms with van der Waals surface area (Å²) < 4.78 is 5.21. The fourth-order valence-electron chi connectivity index (χ4n) is 3.48. The van der Waals surface area contributed by atoms with E-state index in [0.29, 0.717) is 37.8 Å². The van der Waals surface area contributed by atoms with E-state index in [1.165, 1.54) is 6.33 Å². The van der Waals surface area contributed by atoms with E-state index in [1.54, 1.807) is 7.11 Å². The number of methoxy groups -OCH3 is 1. The fourth-order valence-corrected chi connectivity index (χ4v) is 3.48. The second kappa shape index (κ2) is 8.73. The van der Waals surface area contributed by atoms with Gasteiger partial charge >= 0.3 is 5.69 Å². The maximum Gasteiger partial charge on any atom is 0.353 e. The first-order valence-corrected chi connectivity index (χ1v) is 9.47. The Labute approximate surface area is 164 Å². The van der Waals surface area contributed by atoms with Crippen molar-refractivity contribution in [3.05, 3.63) is 40.7 Å². The molecule has 0 unspecified atom stereocenters. The summed E-state index contributed by atoms with van der Waals surface area (Å²) >= 11 is 0. The van der Waals surface area contributed by atoms with Crippen LogP contribution in [0.2, 0.25) is 0 Å². The van der Waals surface area contributed by atoms with Gasteiger partial charge in [-0.2, -0.15) is 0 Å². The number of hydrogen-bond donors (Lipinski definition) is 0. The zero-order chi connectivity index (χ0) is 20.1. The normalized spacial score (nSPS) is 14.1. The standard InChI is InChI=1S/C19H26N6O3/c1-4-22(5-2)18-17(25(26)27)19(21-14-20-18)24-12-10-23(11-13-24)15-6-8-16(28-3)9-7-15/h6-9,14H,4-5,10-13H2,1-3H3. The number of ether oxygens (including phenoxy) is 1. The van der Waals surface area contributed by atoms with Gasteiger partial charge in [-0.25, -0.2) is 9.97 Å². The molecule has 3 rings (SSSR count). The van der Waals surface area contributed by atoms with Crippen molar-refractivity contribution in [2.45, 2.75) is 13.8 Å². The summed E-state index contributed by atoms with van der Waals surface area (Å²) in [5.74, 6) is 1.61. The Kier molecular flexibility index (Phi) is 6.13. The quantitative estimate of drug-likeness (QED) is 0.530. The fraction of sp³-hybridized carbons (Fsp3) is 0.474. The van der Waals surface area contributed by atoms with E-state index in [1.807, 2.05) is 47.9 Å². The molecule has 28 heavy (non-hydrogen) atoms. The SMILES string of the molecule is CCN(CC)c1ncnc(N2CCN(c3ccc(OC)cc3)CC2)c1[N+](=O)[O-]. The highest BCUT2D eigenvalue weighted by Gasteiger charge is 2.31. The summed E-state index contributed by atoms with van der Waals surface area (Å²) in [5.41, 5.74) is 1.10. The molecule has 1 aromatic carbocycles. The number of piperazine rings is 1. The van der Waals surface area contributed by atoms with E-state index in [2.05, 4.69) is 14.9 Å². The average Bonchev–Trinajstić information content (AvgIpc) is 2.74. The number of benzene rings is 1. The molecule has 0 radical (unpaired) electrons. The van der Waals surface area contributed by atoms with Crippen LogP contribution in [0.3, 0.4) is 0 Å². The van der Waals surface area contributed by atoms with Crippen LogP contribution in [0.4, 0.5) is 23.0 Å². The van der Waals surface area contributed by atoms with Gasteiger partial charge in [0.25, 0.3) is 0 Å². The van der Waals surface area contributed by atoms with Gasteiger partial charge < -0.3 is 19.4 Å². The average molecular weight is 386 g/mol. The largest absolute Gasteiger partial charge is 0.497 e. The Hall–Kier alpha value is -3.10. The van der Waals surface area contributed by atoms with Crippen molar-refractivity contribution in [2.24, 2.45) is 0 Å².